The maximum Gasteiger partial charge on any atom is 0.259 e. The quantitative estimate of drug-likeness (QED) is 0.310. The minimum absolute atomic E-state index is 0.193. The lowest BCUT2D eigenvalue weighted by Crippen LogP contribution is -2.58. The summed E-state index contributed by atoms with van der Waals surface area (Å²) in [4.78, 5) is 37.6. The van der Waals surface area contributed by atoms with Gasteiger partial charge in [0, 0.05) is 24.3 Å². The molecule has 0 saturated carbocycles. The summed E-state index contributed by atoms with van der Waals surface area (Å²) in [5, 5.41) is 14.3. The van der Waals surface area contributed by atoms with Gasteiger partial charge in [0.05, 0.1) is 11.9 Å². The molecule has 0 aromatic heterocycles. The summed E-state index contributed by atoms with van der Waals surface area (Å²) in [5.41, 5.74) is -2.33. The molecule has 2 aromatic carbocycles. The number of halogens is 3. The summed E-state index contributed by atoms with van der Waals surface area (Å²) in [6.45, 7) is 2.84. The first-order valence-corrected chi connectivity index (χ1v) is 11.7. The van der Waals surface area contributed by atoms with E-state index in [1.54, 1.807) is 42.5 Å². The number of carbonyl (C=O) groups excluding carboxylic acids is 3. The van der Waals surface area contributed by atoms with E-state index in [9.17, 15) is 23.2 Å². The summed E-state index contributed by atoms with van der Waals surface area (Å²) in [6.07, 6.45) is 9.01. The van der Waals surface area contributed by atoms with Gasteiger partial charge in [0.25, 0.3) is 5.91 Å². The lowest BCUT2D eigenvalue weighted by Gasteiger charge is -2.35. The number of alkyl halides is 1. The number of hydrogen-bond donors (Lipinski definition) is 5. The second-order valence-corrected chi connectivity index (χ2v) is 9.01. The van der Waals surface area contributed by atoms with Gasteiger partial charge in [-0.15, -0.1) is 11.6 Å². The Hall–Kier alpha value is -3.86. The van der Waals surface area contributed by atoms with Crippen LogP contribution in [0.25, 0.3) is 0 Å². The van der Waals surface area contributed by atoms with Gasteiger partial charge in [0.2, 0.25) is 11.8 Å². The largest absolute Gasteiger partial charge is 0.327 e. The molecule has 4 rings (SSSR count). The molecule has 0 aliphatic carbocycles. The summed E-state index contributed by atoms with van der Waals surface area (Å²) in [5.74, 6) is -3.97. The predicted octanol–water partition coefficient (Wildman–Crippen LogP) is 3.52. The van der Waals surface area contributed by atoms with Crippen LogP contribution in [0.1, 0.15) is 28.4 Å². The normalized spacial score (nSPS) is 22.8. The van der Waals surface area contributed by atoms with Gasteiger partial charge in [-0.05, 0) is 36.8 Å². The van der Waals surface area contributed by atoms with Crippen molar-refractivity contribution in [3.63, 3.8) is 0 Å². The van der Waals surface area contributed by atoms with Crippen LogP contribution in [-0.2, 0) is 15.3 Å². The fourth-order valence-corrected chi connectivity index (χ4v) is 4.55. The third-order valence-electron chi connectivity index (χ3n) is 5.72. The predicted molar refractivity (Wildman–Crippen MR) is 137 cm³/mol. The zero-order chi connectivity index (χ0) is 26.7. The lowest BCUT2D eigenvalue weighted by atomic mass is 9.95. The molecule has 0 radical (unpaired) electrons. The zero-order valence-electron chi connectivity index (χ0n) is 19.9. The Balaban J connectivity index is 1.88. The SMILES string of the molecule is CC(=O)Nc1ccc2c(c1)NC(=O)C=CC=CC=CC1N[C@@H](Cl)C2(NC(=O)c2c(F)cc(C)cc2F)N1. The zero-order valence-corrected chi connectivity index (χ0v) is 20.6. The second kappa shape index (κ2) is 10.6. The molecule has 2 aliphatic rings. The first-order valence-electron chi connectivity index (χ1n) is 11.3. The van der Waals surface area contributed by atoms with Crippen molar-refractivity contribution in [3.8, 4) is 0 Å². The van der Waals surface area contributed by atoms with Crippen LogP contribution in [0.5, 0.6) is 0 Å². The van der Waals surface area contributed by atoms with Crippen molar-refractivity contribution in [3.05, 3.63) is 95.1 Å². The number of hydrogen-bond acceptors (Lipinski definition) is 5. The van der Waals surface area contributed by atoms with Crippen molar-refractivity contribution in [2.75, 3.05) is 10.6 Å². The minimum Gasteiger partial charge on any atom is -0.327 e. The van der Waals surface area contributed by atoms with E-state index in [-0.39, 0.29) is 17.2 Å². The summed E-state index contributed by atoms with van der Waals surface area (Å²) >= 11 is 6.74. The van der Waals surface area contributed by atoms with Gasteiger partial charge in [-0.1, -0.05) is 36.4 Å². The third kappa shape index (κ3) is 5.61. The number of benzene rings is 2. The fraction of sp³-hybridized carbons (Fsp3) is 0.192. The van der Waals surface area contributed by atoms with Crippen LogP contribution >= 0.6 is 11.6 Å². The Bertz CT molecular complexity index is 1340. The number of aryl methyl sites for hydroxylation is 1. The minimum atomic E-state index is -1.66. The number of amides is 3. The maximum absolute atomic E-state index is 14.7. The Kier molecular flexibility index (Phi) is 7.53. The maximum atomic E-state index is 14.7. The van der Waals surface area contributed by atoms with Crippen molar-refractivity contribution in [2.45, 2.75) is 31.2 Å². The Morgan fingerprint density at radius 2 is 1.76 bits per heavy atom. The van der Waals surface area contributed by atoms with Crippen LogP contribution in [0.2, 0.25) is 0 Å². The molecule has 2 unspecified atom stereocenters. The molecule has 3 atom stereocenters. The van der Waals surface area contributed by atoms with Crippen LogP contribution in [0, 0.1) is 18.6 Å². The molecule has 3 amide bonds. The molecule has 2 aromatic rings. The number of fused-ring (bicyclic) bond motifs is 4. The molecular weight excluding hydrogens is 504 g/mol. The Labute approximate surface area is 216 Å². The molecule has 192 valence electrons. The highest BCUT2D eigenvalue weighted by molar-refractivity contribution is 6.22. The summed E-state index contributed by atoms with van der Waals surface area (Å²) < 4.78 is 29.4. The van der Waals surface area contributed by atoms with Crippen molar-refractivity contribution in [1.82, 2.24) is 16.0 Å². The topological polar surface area (TPSA) is 111 Å². The fourth-order valence-electron chi connectivity index (χ4n) is 4.18. The van der Waals surface area contributed by atoms with Crippen molar-refractivity contribution in [1.29, 1.82) is 0 Å². The first-order chi connectivity index (χ1) is 17.6. The van der Waals surface area contributed by atoms with E-state index in [1.807, 2.05) is 0 Å². The molecule has 2 heterocycles. The van der Waals surface area contributed by atoms with E-state index < -0.39 is 46.3 Å². The van der Waals surface area contributed by atoms with Crippen LogP contribution in [0.15, 0.2) is 66.8 Å². The molecular formula is C26H24ClF2N5O3. The number of allylic oxidation sites excluding steroid dienone is 4. The van der Waals surface area contributed by atoms with Crippen molar-refractivity contribution < 1.29 is 23.2 Å². The van der Waals surface area contributed by atoms with Gasteiger partial charge < -0.3 is 16.0 Å². The molecule has 1 saturated heterocycles. The molecule has 0 spiro atoms. The van der Waals surface area contributed by atoms with Crippen molar-refractivity contribution in [2.24, 2.45) is 0 Å². The van der Waals surface area contributed by atoms with E-state index in [1.165, 1.54) is 26.0 Å². The molecule has 5 N–H and O–H groups in total. The van der Waals surface area contributed by atoms with E-state index in [0.717, 1.165) is 12.1 Å². The van der Waals surface area contributed by atoms with Crippen molar-refractivity contribution >= 4 is 40.7 Å². The number of carbonyl (C=O) groups is 3. The highest BCUT2D eigenvalue weighted by Gasteiger charge is 2.50. The van der Waals surface area contributed by atoms with E-state index in [2.05, 4.69) is 26.6 Å². The molecule has 1 fully saturated rings. The van der Waals surface area contributed by atoms with Crippen LogP contribution in [0.4, 0.5) is 20.2 Å². The first kappa shape index (κ1) is 26.2. The highest BCUT2D eigenvalue weighted by Crippen LogP contribution is 2.37. The van der Waals surface area contributed by atoms with E-state index in [0.29, 0.717) is 11.3 Å². The van der Waals surface area contributed by atoms with E-state index in [4.69, 9.17) is 11.6 Å². The number of rotatable bonds is 3. The van der Waals surface area contributed by atoms with Gasteiger partial charge in [0.15, 0.2) is 5.66 Å². The van der Waals surface area contributed by atoms with Gasteiger partial charge in [-0.25, -0.2) is 8.78 Å². The molecule has 37 heavy (non-hydrogen) atoms. The van der Waals surface area contributed by atoms with E-state index >= 15 is 0 Å². The number of anilines is 2. The molecule has 2 bridgehead atoms. The van der Waals surface area contributed by atoms with Gasteiger partial charge in [-0.2, -0.15) is 0 Å². The van der Waals surface area contributed by atoms with Crippen LogP contribution in [-0.4, -0.2) is 29.4 Å². The lowest BCUT2D eigenvalue weighted by molar-refractivity contribution is -0.114. The molecule has 8 nitrogen and oxygen atoms in total. The standard InChI is InChI=1S/C26H24ClF2N5O3/c1-14-11-18(28)23(19(29)12-14)24(37)34-26-17-10-9-16(30-15(2)35)13-20(17)31-22(36)8-6-4-3-5-7-21(33-26)32-25(26)27/h3-13,21,25,32-33H,1-2H3,(H,30,35)(H,31,36)(H,34,37)/t21?,25-,26?/m1/s1. The van der Waals surface area contributed by atoms with Gasteiger partial charge in [0.1, 0.15) is 22.7 Å². The van der Waals surface area contributed by atoms with Gasteiger partial charge >= 0.3 is 0 Å². The summed E-state index contributed by atoms with van der Waals surface area (Å²) in [7, 11) is 0. The Morgan fingerprint density at radius 1 is 1.05 bits per heavy atom. The second-order valence-electron chi connectivity index (χ2n) is 8.58. The van der Waals surface area contributed by atoms with Crippen LogP contribution < -0.4 is 26.6 Å². The third-order valence-corrected chi connectivity index (χ3v) is 6.17. The Morgan fingerprint density at radius 3 is 2.46 bits per heavy atom. The summed E-state index contributed by atoms with van der Waals surface area (Å²) in [6, 6.07) is 6.69. The number of nitrogens with one attached hydrogen (secondary N) is 5. The average Bonchev–Trinajstić information content (AvgIpc) is 3.10. The highest BCUT2D eigenvalue weighted by atomic mass is 35.5. The molecule has 2 aliphatic heterocycles. The van der Waals surface area contributed by atoms with Gasteiger partial charge in [-0.3, -0.25) is 25.0 Å². The van der Waals surface area contributed by atoms with Crippen LogP contribution in [0.3, 0.4) is 0 Å². The average molecular weight is 528 g/mol. The molecule has 11 heteroatoms. The smallest absolute Gasteiger partial charge is 0.259 e. The monoisotopic (exact) mass is 527 g/mol.